The van der Waals surface area contributed by atoms with Gasteiger partial charge in [-0.25, -0.2) is 4.98 Å². The molecule has 19 heavy (non-hydrogen) atoms. The normalized spacial score (nSPS) is 10.4. The molecule has 0 saturated heterocycles. The molecule has 0 bridgehead atoms. The maximum atomic E-state index is 5.74. The lowest BCUT2D eigenvalue weighted by atomic mass is 10.1. The van der Waals surface area contributed by atoms with Gasteiger partial charge >= 0.3 is 0 Å². The molecule has 0 unspecified atom stereocenters. The smallest absolute Gasteiger partial charge is 0.136 e. The molecule has 0 aliphatic rings. The van der Waals surface area contributed by atoms with Gasteiger partial charge in [0.15, 0.2) is 0 Å². The lowest BCUT2D eigenvalue weighted by Gasteiger charge is -2.12. The first kappa shape index (κ1) is 13.5. The first-order valence-corrected chi connectivity index (χ1v) is 6.47. The molecule has 0 amide bonds. The summed E-state index contributed by atoms with van der Waals surface area (Å²) in [6.07, 6.45) is 5.59. The summed E-state index contributed by atoms with van der Waals surface area (Å²) in [5.41, 5.74) is 8.73. The molecular weight excluding hydrogens is 258 g/mol. The van der Waals surface area contributed by atoms with Gasteiger partial charge in [0, 0.05) is 18.9 Å². The molecule has 0 atom stereocenters. The molecule has 100 valence electrons. The van der Waals surface area contributed by atoms with Gasteiger partial charge in [-0.15, -0.1) is 0 Å². The fourth-order valence-corrected chi connectivity index (χ4v) is 2.14. The zero-order valence-electron chi connectivity index (χ0n) is 11.1. The van der Waals surface area contributed by atoms with Crippen LogP contribution in [0, 0.1) is 13.8 Å². The lowest BCUT2D eigenvalue weighted by Crippen LogP contribution is -2.18. The molecular formula is C13H17N5S. The third-order valence-corrected chi connectivity index (χ3v) is 3.01. The molecule has 0 radical (unpaired) electrons. The summed E-state index contributed by atoms with van der Waals surface area (Å²) in [6.45, 7) is 5.47. The molecule has 0 saturated carbocycles. The maximum absolute atomic E-state index is 5.74. The van der Waals surface area contributed by atoms with Crippen molar-refractivity contribution in [3.05, 3.63) is 41.3 Å². The second-order valence-corrected chi connectivity index (χ2v) is 4.86. The van der Waals surface area contributed by atoms with Crippen LogP contribution < -0.4 is 11.1 Å². The van der Waals surface area contributed by atoms with Crippen LogP contribution in [0.2, 0.25) is 0 Å². The second kappa shape index (κ2) is 5.79. The summed E-state index contributed by atoms with van der Waals surface area (Å²) in [4.78, 5) is 4.65. The summed E-state index contributed by atoms with van der Waals surface area (Å²) in [5, 5.41) is 7.48. The van der Waals surface area contributed by atoms with E-state index in [0.717, 1.165) is 29.1 Å². The highest BCUT2D eigenvalue weighted by molar-refractivity contribution is 7.80. The standard InChI is InChI=1S/C13H17N5S/c1-9-7-17-18(8-9)6-5-16-13-11(12(14)19)10(2)3-4-15-13/h3-4,7-8H,5-6H2,1-2H3,(H2,14,19)(H,15,16). The highest BCUT2D eigenvalue weighted by Gasteiger charge is 2.09. The van der Waals surface area contributed by atoms with Crippen molar-refractivity contribution in [2.24, 2.45) is 5.73 Å². The maximum Gasteiger partial charge on any atom is 0.136 e. The van der Waals surface area contributed by atoms with Gasteiger partial charge < -0.3 is 11.1 Å². The Bertz CT molecular complexity index is 590. The minimum Gasteiger partial charge on any atom is -0.389 e. The van der Waals surface area contributed by atoms with Gasteiger partial charge in [0.25, 0.3) is 0 Å². The molecule has 6 heteroatoms. The van der Waals surface area contributed by atoms with Crippen LogP contribution in [0.4, 0.5) is 5.82 Å². The van der Waals surface area contributed by atoms with E-state index >= 15 is 0 Å². The van der Waals surface area contributed by atoms with Gasteiger partial charge in [0.05, 0.1) is 18.3 Å². The average molecular weight is 275 g/mol. The third kappa shape index (κ3) is 3.29. The Morgan fingerprint density at radius 1 is 1.47 bits per heavy atom. The Labute approximate surface area is 117 Å². The number of anilines is 1. The van der Waals surface area contributed by atoms with E-state index in [-0.39, 0.29) is 0 Å². The van der Waals surface area contributed by atoms with Crippen molar-refractivity contribution in [1.82, 2.24) is 14.8 Å². The van der Waals surface area contributed by atoms with Crippen molar-refractivity contribution in [1.29, 1.82) is 0 Å². The van der Waals surface area contributed by atoms with E-state index in [1.807, 2.05) is 37.0 Å². The van der Waals surface area contributed by atoms with Crippen LogP contribution in [-0.4, -0.2) is 26.3 Å². The first-order chi connectivity index (χ1) is 9.08. The molecule has 0 aliphatic carbocycles. The van der Waals surface area contributed by atoms with Crippen molar-refractivity contribution >= 4 is 23.0 Å². The van der Waals surface area contributed by atoms with Crippen molar-refractivity contribution in [2.75, 3.05) is 11.9 Å². The van der Waals surface area contributed by atoms with Crippen molar-refractivity contribution < 1.29 is 0 Å². The molecule has 0 spiro atoms. The summed E-state index contributed by atoms with van der Waals surface area (Å²) in [7, 11) is 0. The van der Waals surface area contributed by atoms with Crippen LogP contribution in [0.5, 0.6) is 0 Å². The van der Waals surface area contributed by atoms with Gasteiger partial charge in [0.2, 0.25) is 0 Å². The molecule has 0 aromatic carbocycles. The summed E-state index contributed by atoms with van der Waals surface area (Å²) >= 11 is 5.06. The van der Waals surface area contributed by atoms with E-state index in [1.165, 1.54) is 0 Å². The fourth-order valence-electron chi connectivity index (χ4n) is 1.88. The van der Waals surface area contributed by atoms with E-state index in [0.29, 0.717) is 11.5 Å². The Kier molecular flexibility index (Phi) is 4.11. The molecule has 3 N–H and O–H groups in total. The van der Waals surface area contributed by atoms with Crippen LogP contribution in [0.1, 0.15) is 16.7 Å². The zero-order valence-corrected chi connectivity index (χ0v) is 11.9. The average Bonchev–Trinajstić information content (AvgIpc) is 2.74. The number of hydrogen-bond donors (Lipinski definition) is 2. The number of rotatable bonds is 5. The quantitative estimate of drug-likeness (QED) is 0.812. The van der Waals surface area contributed by atoms with E-state index in [4.69, 9.17) is 18.0 Å². The van der Waals surface area contributed by atoms with Crippen molar-refractivity contribution in [3.8, 4) is 0 Å². The third-order valence-electron chi connectivity index (χ3n) is 2.80. The Morgan fingerprint density at radius 3 is 2.89 bits per heavy atom. The first-order valence-electron chi connectivity index (χ1n) is 6.06. The SMILES string of the molecule is Cc1cnn(CCNc2nccc(C)c2C(N)=S)c1. The highest BCUT2D eigenvalue weighted by Crippen LogP contribution is 2.16. The Morgan fingerprint density at radius 2 is 2.26 bits per heavy atom. The minimum atomic E-state index is 0.364. The number of nitrogens with two attached hydrogens (primary N) is 1. The summed E-state index contributed by atoms with van der Waals surface area (Å²) < 4.78 is 1.89. The van der Waals surface area contributed by atoms with Gasteiger partial charge in [-0.2, -0.15) is 5.10 Å². The van der Waals surface area contributed by atoms with Gasteiger partial charge in [-0.1, -0.05) is 12.2 Å². The predicted molar refractivity (Wildman–Crippen MR) is 80.3 cm³/mol. The molecule has 2 rings (SSSR count). The van der Waals surface area contributed by atoms with Crippen LogP contribution in [0.3, 0.4) is 0 Å². The number of nitrogens with one attached hydrogen (secondary N) is 1. The number of pyridine rings is 1. The van der Waals surface area contributed by atoms with Gasteiger partial charge in [-0.05, 0) is 31.0 Å². The monoisotopic (exact) mass is 275 g/mol. The van der Waals surface area contributed by atoms with Gasteiger partial charge in [-0.3, -0.25) is 4.68 Å². The van der Waals surface area contributed by atoms with Gasteiger partial charge in [0.1, 0.15) is 10.8 Å². The van der Waals surface area contributed by atoms with Crippen molar-refractivity contribution in [2.45, 2.75) is 20.4 Å². The summed E-state index contributed by atoms with van der Waals surface area (Å²) in [6, 6.07) is 1.90. The van der Waals surface area contributed by atoms with E-state index < -0.39 is 0 Å². The topological polar surface area (TPSA) is 68.8 Å². The van der Waals surface area contributed by atoms with Crippen LogP contribution in [-0.2, 0) is 6.54 Å². The van der Waals surface area contributed by atoms with Crippen LogP contribution in [0.15, 0.2) is 24.7 Å². The van der Waals surface area contributed by atoms with E-state index in [2.05, 4.69) is 15.4 Å². The van der Waals surface area contributed by atoms with Crippen molar-refractivity contribution in [3.63, 3.8) is 0 Å². The molecule has 0 fully saturated rings. The Balaban J connectivity index is 2.03. The lowest BCUT2D eigenvalue weighted by molar-refractivity contribution is 0.636. The molecule has 0 aliphatic heterocycles. The van der Waals surface area contributed by atoms with Crippen LogP contribution in [0.25, 0.3) is 0 Å². The molecule has 2 aromatic rings. The number of nitrogens with zero attached hydrogens (tertiary/aromatic N) is 3. The number of aryl methyl sites for hydroxylation is 2. The molecule has 2 heterocycles. The predicted octanol–water partition coefficient (Wildman–Crippen LogP) is 1.64. The zero-order chi connectivity index (χ0) is 13.8. The summed E-state index contributed by atoms with van der Waals surface area (Å²) in [5.74, 6) is 0.733. The van der Waals surface area contributed by atoms with Crippen LogP contribution >= 0.6 is 12.2 Å². The van der Waals surface area contributed by atoms with E-state index in [9.17, 15) is 0 Å². The number of thiocarbonyl (C=S) groups is 1. The molecule has 5 nitrogen and oxygen atoms in total. The number of hydrogen-bond acceptors (Lipinski definition) is 4. The largest absolute Gasteiger partial charge is 0.389 e. The Hall–Kier alpha value is -1.95. The van der Waals surface area contributed by atoms with E-state index in [1.54, 1.807) is 6.20 Å². The molecule has 2 aromatic heterocycles. The highest BCUT2D eigenvalue weighted by atomic mass is 32.1. The fraction of sp³-hybridized carbons (Fsp3) is 0.308. The number of aromatic nitrogens is 3. The minimum absolute atomic E-state index is 0.364. The second-order valence-electron chi connectivity index (χ2n) is 4.42.